The van der Waals surface area contributed by atoms with Crippen LogP contribution in [0.25, 0.3) is 5.69 Å². The van der Waals surface area contributed by atoms with Crippen molar-refractivity contribution >= 4 is 23.3 Å². The summed E-state index contributed by atoms with van der Waals surface area (Å²) in [7, 11) is 1.69. The molecule has 2 aromatic carbocycles. The fourth-order valence-electron chi connectivity index (χ4n) is 2.82. The Morgan fingerprint density at radius 2 is 1.73 bits per heavy atom. The number of nitrogens with one attached hydrogen (secondary N) is 1. The van der Waals surface area contributed by atoms with E-state index < -0.39 is 29.0 Å². The van der Waals surface area contributed by atoms with Gasteiger partial charge in [-0.05, 0) is 31.2 Å². The van der Waals surface area contributed by atoms with Crippen molar-refractivity contribution in [3.8, 4) is 5.69 Å². The number of esters is 1. The molecule has 0 fully saturated rings. The zero-order valence-electron chi connectivity index (χ0n) is 16.2. The Morgan fingerprint density at radius 3 is 2.33 bits per heavy atom. The number of carbonyl (C=O) groups excluding carboxylic acids is 2. The van der Waals surface area contributed by atoms with Crippen molar-refractivity contribution in [3.05, 3.63) is 86.3 Å². The summed E-state index contributed by atoms with van der Waals surface area (Å²) in [6.07, 6.45) is 0. The van der Waals surface area contributed by atoms with Crippen LogP contribution >= 0.6 is 0 Å². The average Bonchev–Trinajstić information content (AvgIpc) is 2.95. The van der Waals surface area contributed by atoms with Crippen LogP contribution in [-0.2, 0) is 16.6 Å². The van der Waals surface area contributed by atoms with Gasteiger partial charge in [-0.1, -0.05) is 18.2 Å². The number of hydrogen-bond donors (Lipinski definition) is 1. The molecule has 0 atom stereocenters. The smallest absolute Gasteiger partial charge is 0.338 e. The highest BCUT2D eigenvalue weighted by molar-refractivity contribution is 5.95. The van der Waals surface area contributed by atoms with E-state index >= 15 is 0 Å². The van der Waals surface area contributed by atoms with E-state index in [0.717, 1.165) is 12.1 Å². The molecule has 0 saturated heterocycles. The van der Waals surface area contributed by atoms with Crippen LogP contribution in [0.4, 0.5) is 11.4 Å². The Morgan fingerprint density at radius 1 is 1.10 bits per heavy atom. The van der Waals surface area contributed by atoms with Crippen molar-refractivity contribution in [2.75, 3.05) is 11.9 Å². The first-order chi connectivity index (χ1) is 14.3. The second-order valence-corrected chi connectivity index (χ2v) is 6.36. The number of benzene rings is 2. The number of hydrogen-bond acceptors (Lipinski definition) is 6. The Bertz CT molecular complexity index is 1160. The molecule has 0 spiro atoms. The van der Waals surface area contributed by atoms with Crippen LogP contribution in [-0.4, -0.2) is 32.8 Å². The highest BCUT2D eigenvalue weighted by Gasteiger charge is 2.19. The molecule has 1 N–H and O–H groups in total. The minimum Gasteiger partial charge on any atom is -0.452 e. The molecule has 0 unspecified atom stereocenters. The van der Waals surface area contributed by atoms with Crippen molar-refractivity contribution in [2.24, 2.45) is 7.05 Å². The van der Waals surface area contributed by atoms with Crippen LogP contribution in [0.3, 0.4) is 0 Å². The SMILES string of the molecule is Cc1c(NC(=O)COC(=O)c2ccc([N+](=O)[O-])cc2)c(=O)n(-c2ccccc2)n1C. The van der Waals surface area contributed by atoms with Crippen molar-refractivity contribution < 1.29 is 19.2 Å². The summed E-state index contributed by atoms with van der Waals surface area (Å²) in [6, 6.07) is 13.7. The number of non-ortho nitro benzene ring substituents is 1. The van der Waals surface area contributed by atoms with E-state index in [4.69, 9.17) is 4.74 Å². The van der Waals surface area contributed by atoms with E-state index in [-0.39, 0.29) is 16.9 Å². The third-order valence-electron chi connectivity index (χ3n) is 4.47. The summed E-state index contributed by atoms with van der Waals surface area (Å²) in [5.41, 5.74) is 0.723. The first-order valence-corrected chi connectivity index (χ1v) is 8.85. The number of anilines is 1. The van der Waals surface area contributed by atoms with Gasteiger partial charge in [0.2, 0.25) is 0 Å². The Hall–Kier alpha value is -4.21. The van der Waals surface area contributed by atoms with Crippen molar-refractivity contribution in [1.29, 1.82) is 0 Å². The lowest BCUT2D eigenvalue weighted by Crippen LogP contribution is -2.25. The number of para-hydroxylation sites is 1. The zero-order valence-corrected chi connectivity index (χ0v) is 16.2. The number of rotatable bonds is 6. The van der Waals surface area contributed by atoms with Gasteiger partial charge in [0.1, 0.15) is 5.69 Å². The molecule has 1 amide bonds. The van der Waals surface area contributed by atoms with Gasteiger partial charge in [0.25, 0.3) is 17.2 Å². The molecule has 3 aromatic rings. The van der Waals surface area contributed by atoms with Crippen LogP contribution < -0.4 is 10.9 Å². The normalized spacial score (nSPS) is 10.5. The maximum Gasteiger partial charge on any atom is 0.338 e. The fourth-order valence-corrected chi connectivity index (χ4v) is 2.82. The topological polar surface area (TPSA) is 125 Å². The molecular formula is C20H18N4O6. The Labute approximate surface area is 170 Å². The number of nitrogens with zero attached hydrogens (tertiary/aromatic N) is 3. The van der Waals surface area contributed by atoms with E-state index in [1.54, 1.807) is 42.9 Å². The molecule has 0 aliphatic heterocycles. The second-order valence-electron chi connectivity index (χ2n) is 6.36. The molecule has 1 aromatic heterocycles. The molecular weight excluding hydrogens is 392 g/mol. The van der Waals surface area contributed by atoms with E-state index in [9.17, 15) is 24.5 Å². The third kappa shape index (κ3) is 4.12. The molecule has 0 saturated carbocycles. The van der Waals surface area contributed by atoms with Crippen LogP contribution in [0.15, 0.2) is 59.4 Å². The van der Waals surface area contributed by atoms with Gasteiger partial charge in [-0.25, -0.2) is 9.48 Å². The maximum atomic E-state index is 12.8. The summed E-state index contributed by atoms with van der Waals surface area (Å²) in [6.45, 7) is 1.06. The lowest BCUT2D eigenvalue weighted by molar-refractivity contribution is -0.384. The Kier molecular flexibility index (Phi) is 5.77. The monoisotopic (exact) mass is 410 g/mol. The van der Waals surface area contributed by atoms with E-state index in [2.05, 4.69) is 5.32 Å². The molecule has 0 radical (unpaired) electrons. The lowest BCUT2D eigenvalue weighted by Gasteiger charge is -2.07. The molecule has 0 aliphatic carbocycles. The van der Waals surface area contributed by atoms with Gasteiger partial charge < -0.3 is 10.1 Å². The summed E-state index contributed by atoms with van der Waals surface area (Å²) >= 11 is 0. The molecule has 1 heterocycles. The number of aromatic nitrogens is 2. The predicted molar refractivity (Wildman–Crippen MR) is 108 cm³/mol. The van der Waals surface area contributed by atoms with Crippen LogP contribution in [0, 0.1) is 17.0 Å². The highest BCUT2D eigenvalue weighted by Crippen LogP contribution is 2.15. The average molecular weight is 410 g/mol. The second kappa shape index (κ2) is 8.43. The maximum absolute atomic E-state index is 12.8. The van der Waals surface area contributed by atoms with E-state index in [1.807, 2.05) is 6.07 Å². The van der Waals surface area contributed by atoms with E-state index in [1.165, 1.54) is 16.8 Å². The number of ether oxygens (including phenoxy) is 1. The highest BCUT2D eigenvalue weighted by atomic mass is 16.6. The predicted octanol–water partition coefficient (Wildman–Crippen LogP) is 2.19. The van der Waals surface area contributed by atoms with Gasteiger partial charge in [0.15, 0.2) is 6.61 Å². The van der Waals surface area contributed by atoms with Gasteiger partial charge in [-0.15, -0.1) is 0 Å². The third-order valence-corrected chi connectivity index (χ3v) is 4.47. The van der Waals surface area contributed by atoms with Gasteiger partial charge >= 0.3 is 5.97 Å². The molecule has 154 valence electrons. The van der Waals surface area contributed by atoms with Crippen LogP contribution in [0.2, 0.25) is 0 Å². The molecule has 10 nitrogen and oxygen atoms in total. The summed E-state index contributed by atoms with van der Waals surface area (Å²) in [5.74, 6) is -1.50. The van der Waals surface area contributed by atoms with Crippen LogP contribution in [0.5, 0.6) is 0 Å². The Balaban J connectivity index is 1.69. The van der Waals surface area contributed by atoms with Gasteiger partial charge in [-0.2, -0.15) is 0 Å². The molecule has 3 rings (SSSR count). The summed E-state index contributed by atoms with van der Waals surface area (Å²) in [4.78, 5) is 47.1. The minimum absolute atomic E-state index is 0.0655. The standard InChI is InChI=1S/C20H18N4O6/c1-13-18(19(26)23(22(13)2)15-6-4-3-5-7-15)21-17(25)12-30-20(27)14-8-10-16(11-9-14)24(28)29/h3-11H,12H2,1-2H3,(H,21,25). The molecule has 10 heteroatoms. The summed E-state index contributed by atoms with van der Waals surface area (Å²) in [5, 5.41) is 13.1. The molecule has 30 heavy (non-hydrogen) atoms. The largest absolute Gasteiger partial charge is 0.452 e. The number of carbonyl (C=O) groups is 2. The zero-order chi connectivity index (χ0) is 21.8. The van der Waals surface area contributed by atoms with Crippen molar-refractivity contribution in [3.63, 3.8) is 0 Å². The molecule has 0 bridgehead atoms. The van der Waals surface area contributed by atoms with Gasteiger partial charge in [0.05, 0.1) is 21.9 Å². The number of amides is 1. The lowest BCUT2D eigenvalue weighted by atomic mass is 10.2. The number of nitro benzene ring substituents is 1. The van der Waals surface area contributed by atoms with Crippen molar-refractivity contribution in [2.45, 2.75) is 6.92 Å². The molecule has 0 aliphatic rings. The van der Waals surface area contributed by atoms with Crippen LogP contribution in [0.1, 0.15) is 16.1 Å². The first kappa shape index (κ1) is 20.5. The van der Waals surface area contributed by atoms with E-state index in [0.29, 0.717) is 11.4 Å². The van der Waals surface area contributed by atoms with Crippen molar-refractivity contribution in [1.82, 2.24) is 9.36 Å². The van der Waals surface area contributed by atoms with Gasteiger partial charge in [-0.3, -0.25) is 24.4 Å². The fraction of sp³-hybridized carbons (Fsp3) is 0.150. The van der Waals surface area contributed by atoms with Gasteiger partial charge in [0, 0.05) is 19.2 Å². The minimum atomic E-state index is -0.813. The quantitative estimate of drug-likeness (QED) is 0.377. The first-order valence-electron chi connectivity index (χ1n) is 8.85. The summed E-state index contributed by atoms with van der Waals surface area (Å²) < 4.78 is 7.95. The number of nitro groups is 1.